The van der Waals surface area contributed by atoms with Crippen LogP contribution in [-0.4, -0.2) is 41.2 Å². The summed E-state index contributed by atoms with van der Waals surface area (Å²) in [6.45, 7) is 5.02. The number of ether oxygens (including phenoxy) is 1. The van der Waals surface area contributed by atoms with E-state index in [-0.39, 0.29) is 23.7 Å². The molecule has 3 atom stereocenters. The fourth-order valence-electron chi connectivity index (χ4n) is 7.04. The van der Waals surface area contributed by atoms with Crippen LogP contribution >= 0.6 is 15.9 Å². The number of hydrogen-bond donors (Lipinski definition) is 1. The van der Waals surface area contributed by atoms with Crippen molar-refractivity contribution in [3.8, 4) is 0 Å². The molecule has 210 valence electrons. The highest BCUT2D eigenvalue weighted by Gasteiger charge is 2.63. The quantitative estimate of drug-likeness (QED) is 0.284. The van der Waals surface area contributed by atoms with Crippen LogP contribution in [0.15, 0.2) is 71.2 Å². The number of aryl methyl sites for hydroxylation is 1. The maximum Gasteiger partial charge on any atom is 0.330 e. The third-order valence-corrected chi connectivity index (χ3v) is 9.19. The van der Waals surface area contributed by atoms with Crippen molar-refractivity contribution in [2.45, 2.75) is 45.1 Å². The lowest BCUT2D eigenvalue weighted by molar-refractivity contribution is -0.162. The van der Waals surface area contributed by atoms with Crippen molar-refractivity contribution < 1.29 is 23.9 Å². The standard InChI is InChI=1S/C33H31BrN2O5/c1-4-18-15-19(34)13-14-24(18)35-25(37)16-41-33(40)30(17(2)3)36-31(38)28-26-20-9-5-6-10-21(20)27(29(28)32(36)39)23-12-8-7-11-22(23)26/h5-15,17,26-30H,4,16H2,1-3H3,(H,35,37)/t26?,27?,28-,29-,30+/m1/s1. The van der Waals surface area contributed by atoms with E-state index in [1.54, 1.807) is 19.9 Å². The molecule has 0 radical (unpaired) electrons. The molecule has 3 amide bonds. The van der Waals surface area contributed by atoms with Gasteiger partial charge >= 0.3 is 5.97 Å². The maximum atomic E-state index is 14.1. The first-order valence-electron chi connectivity index (χ1n) is 14.0. The minimum Gasteiger partial charge on any atom is -0.454 e. The molecule has 1 saturated heterocycles. The topological polar surface area (TPSA) is 92.8 Å². The number of carbonyl (C=O) groups is 4. The lowest BCUT2D eigenvalue weighted by Crippen LogP contribution is -2.49. The Morgan fingerprint density at radius 3 is 1.85 bits per heavy atom. The van der Waals surface area contributed by atoms with Gasteiger partial charge in [0.25, 0.3) is 5.91 Å². The first kappa shape index (κ1) is 27.4. The molecule has 3 aromatic rings. The van der Waals surface area contributed by atoms with Crippen molar-refractivity contribution in [2.75, 3.05) is 11.9 Å². The van der Waals surface area contributed by atoms with Gasteiger partial charge in [0.2, 0.25) is 11.8 Å². The monoisotopic (exact) mass is 614 g/mol. The third kappa shape index (κ3) is 4.40. The van der Waals surface area contributed by atoms with E-state index in [0.29, 0.717) is 12.1 Å². The van der Waals surface area contributed by atoms with Gasteiger partial charge in [0.05, 0.1) is 11.8 Å². The number of likely N-dealkylation sites (tertiary alicyclic amines) is 1. The summed E-state index contributed by atoms with van der Waals surface area (Å²) in [5, 5.41) is 2.80. The number of nitrogens with zero attached hydrogens (tertiary/aromatic N) is 1. The first-order valence-corrected chi connectivity index (χ1v) is 14.8. The third-order valence-electron chi connectivity index (χ3n) is 8.70. The van der Waals surface area contributed by atoms with Gasteiger partial charge in [-0.1, -0.05) is 85.2 Å². The van der Waals surface area contributed by atoms with Crippen LogP contribution < -0.4 is 5.32 Å². The van der Waals surface area contributed by atoms with Crippen LogP contribution in [0.25, 0.3) is 0 Å². The molecule has 7 nitrogen and oxygen atoms in total. The SMILES string of the molecule is CCc1cc(Br)ccc1NC(=O)COC(=O)[C@H](C(C)C)N1C(=O)[C@@H]2C3c4ccccc4C(c4ccccc43)[C@H]2C1=O. The van der Waals surface area contributed by atoms with Crippen molar-refractivity contribution in [2.24, 2.45) is 17.8 Å². The molecule has 1 N–H and O–H groups in total. The van der Waals surface area contributed by atoms with Crippen molar-refractivity contribution in [1.82, 2.24) is 4.90 Å². The molecular formula is C33H31BrN2O5. The Hall–Kier alpha value is -3.78. The number of anilines is 1. The summed E-state index contributed by atoms with van der Waals surface area (Å²) >= 11 is 3.43. The number of carbonyl (C=O) groups excluding carboxylic acids is 4. The molecule has 8 heteroatoms. The molecular weight excluding hydrogens is 584 g/mol. The van der Waals surface area contributed by atoms with Crippen molar-refractivity contribution in [1.29, 1.82) is 0 Å². The second-order valence-electron chi connectivity index (χ2n) is 11.3. The summed E-state index contributed by atoms with van der Waals surface area (Å²) in [6, 6.07) is 20.4. The molecule has 7 rings (SSSR count). The fourth-order valence-corrected chi connectivity index (χ4v) is 7.44. The second kappa shape index (κ2) is 10.6. The molecule has 0 unspecified atom stereocenters. The number of benzene rings is 3. The summed E-state index contributed by atoms with van der Waals surface area (Å²) in [5.41, 5.74) is 5.85. The highest BCUT2D eigenvalue weighted by Crippen LogP contribution is 2.61. The average Bonchev–Trinajstić information content (AvgIpc) is 3.23. The van der Waals surface area contributed by atoms with Crippen LogP contribution in [0.5, 0.6) is 0 Å². The molecule has 1 fully saturated rings. The van der Waals surface area contributed by atoms with Crippen LogP contribution in [0.1, 0.15) is 60.4 Å². The Kier molecular flexibility index (Phi) is 7.06. The minimum absolute atomic E-state index is 0.257. The zero-order chi connectivity index (χ0) is 29.0. The zero-order valence-corrected chi connectivity index (χ0v) is 24.7. The maximum absolute atomic E-state index is 14.1. The molecule has 2 bridgehead atoms. The average molecular weight is 616 g/mol. The largest absolute Gasteiger partial charge is 0.454 e. The Labute approximate surface area is 247 Å². The highest BCUT2D eigenvalue weighted by molar-refractivity contribution is 9.10. The van der Waals surface area contributed by atoms with E-state index in [4.69, 9.17) is 4.74 Å². The molecule has 4 aliphatic rings. The molecule has 41 heavy (non-hydrogen) atoms. The van der Waals surface area contributed by atoms with Gasteiger partial charge in [0.1, 0.15) is 6.04 Å². The molecule has 0 saturated carbocycles. The van der Waals surface area contributed by atoms with Crippen LogP contribution in [0.4, 0.5) is 5.69 Å². The van der Waals surface area contributed by atoms with E-state index < -0.39 is 42.3 Å². The van der Waals surface area contributed by atoms with Crippen LogP contribution in [0.3, 0.4) is 0 Å². The number of nitrogens with one attached hydrogen (secondary N) is 1. The van der Waals surface area contributed by atoms with Crippen molar-refractivity contribution in [3.63, 3.8) is 0 Å². The van der Waals surface area contributed by atoms with Gasteiger partial charge in [-0.25, -0.2) is 4.79 Å². The van der Waals surface area contributed by atoms with Crippen LogP contribution in [0, 0.1) is 17.8 Å². The predicted octanol–water partition coefficient (Wildman–Crippen LogP) is 5.41. The van der Waals surface area contributed by atoms with Gasteiger partial charge in [0.15, 0.2) is 6.61 Å². The lowest BCUT2D eigenvalue weighted by atomic mass is 9.55. The summed E-state index contributed by atoms with van der Waals surface area (Å²) in [7, 11) is 0. The van der Waals surface area contributed by atoms with Gasteiger partial charge in [0, 0.05) is 22.0 Å². The van der Waals surface area contributed by atoms with E-state index in [1.165, 1.54) is 0 Å². The molecule has 1 aliphatic heterocycles. The van der Waals surface area contributed by atoms with Gasteiger partial charge < -0.3 is 10.1 Å². The first-order chi connectivity index (χ1) is 19.7. The number of esters is 1. The smallest absolute Gasteiger partial charge is 0.330 e. The minimum atomic E-state index is -1.13. The van der Waals surface area contributed by atoms with Gasteiger partial charge in [-0.2, -0.15) is 0 Å². The van der Waals surface area contributed by atoms with E-state index in [2.05, 4.69) is 21.2 Å². The predicted molar refractivity (Wildman–Crippen MR) is 157 cm³/mol. The number of hydrogen-bond acceptors (Lipinski definition) is 5. The molecule has 0 spiro atoms. The van der Waals surface area contributed by atoms with E-state index in [1.807, 2.05) is 67.6 Å². The van der Waals surface area contributed by atoms with Crippen molar-refractivity contribution >= 4 is 45.3 Å². The molecule has 3 aliphatic carbocycles. The Balaban J connectivity index is 1.25. The van der Waals surface area contributed by atoms with Crippen LogP contribution in [0.2, 0.25) is 0 Å². The molecule has 3 aromatic carbocycles. The van der Waals surface area contributed by atoms with E-state index in [0.717, 1.165) is 37.2 Å². The van der Waals surface area contributed by atoms with Gasteiger partial charge in [-0.05, 0) is 58.4 Å². The lowest BCUT2D eigenvalue weighted by Gasteiger charge is -2.45. The van der Waals surface area contributed by atoms with E-state index in [9.17, 15) is 19.2 Å². The van der Waals surface area contributed by atoms with Gasteiger partial charge in [-0.15, -0.1) is 0 Å². The Morgan fingerprint density at radius 2 is 1.39 bits per heavy atom. The van der Waals surface area contributed by atoms with Gasteiger partial charge in [-0.3, -0.25) is 19.3 Å². The van der Waals surface area contributed by atoms with E-state index >= 15 is 0 Å². The number of rotatable bonds is 7. The number of imide groups is 1. The number of halogens is 1. The molecule has 1 heterocycles. The summed E-state index contributed by atoms with van der Waals surface area (Å²) in [5.74, 6) is -4.03. The fraction of sp³-hybridized carbons (Fsp3) is 0.333. The second-order valence-corrected chi connectivity index (χ2v) is 12.2. The summed E-state index contributed by atoms with van der Waals surface area (Å²) in [4.78, 5) is 55.5. The van der Waals surface area contributed by atoms with Crippen molar-refractivity contribution in [3.05, 3.63) is 99.0 Å². The van der Waals surface area contributed by atoms with Crippen LogP contribution in [-0.2, 0) is 30.3 Å². The summed E-state index contributed by atoms with van der Waals surface area (Å²) < 4.78 is 6.35. The molecule has 0 aromatic heterocycles. The Bertz CT molecular complexity index is 1470. The Morgan fingerprint density at radius 1 is 0.878 bits per heavy atom. The highest BCUT2D eigenvalue weighted by atomic mass is 79.9. The summed E-state index contributed by atoms with van der Waals surface area (Å²) in [6.07, 6.45) is 0.710. The zero-order valence-electron chi connectivity index (χ0n) is 23.1. The number of amides is 3. The normalized spacial score (nSPS) is 22.7.